The van der Waals surface area contributed by atoms with Crippen molar-refractivity contribution in [3.05, 3.63) is 0 Å². The number of β-amino-alcohol motifs (C(OH)–C–C–N with tert-alkyl or cyclic N) is 1. The Morgan fingerprint density at radius 1 is 1.39 bits per heavy atom. The van der Waals surface area contributed by atoms with Crippen LogP contribution in [0.15, 0.2) is 0 Å². The van der Waals surface area contributed by atoms with E-state index in [1.54, 1.807) is 0 Å². The molecule has 104 valence electrons. The Kier molecular flexibility index (Phi) is 4.37. The Morgan fingerprint density at radius 2 is 1.94 bits per heavy atom. The summed E-state index contributed by atoms with van der Waals surface area (Å²) in [6.07, 6.45) is -0.273. The summed E-state index contributed by atoms with van der Waals surface area (Å²) >= 11 is 0. The van der Waals surface area contributed by atoms with E-state index >= 15 is 0 Å². The third-order valence-electron chi connectivity index (χ3n) is 3.84. The van der Waals surface area contributed by atoms with E-state index in [2.05, 4.69) is 20.8 Å². The SMILES string of the molecule is CC(CC(=O)N1C[C@H](O)C[C@@H]1C(=O)O)C(C)(C)C. The van der Waals surface area contributed by atoms with Gasteiger partial charge in [-0.25, -0.2) is 4.79 Å². The molecule has 0 aromatic carbocycles. The molecule has 1 amide bonds. The van der Waals surface area contributed by atoms with Gasteiger partial charge in [-0.3, -0.25) is 4.79 Å². The summed E-state index contributed by atoms with van der Waals surface area (Å²) in [5, 5.41) is 18.5. The maximum atomic E-state index is 12.1. The van der Waals surface area contributed by atoms with Crippen molar-refractivity contribution < 1.29 is 19.8 Å². The molecule has 0 spiro atoms. The fraction of sp³-hybridized carbons (Fsp3) is 0.846. The first-order valence-electron chi connectivity index (χ1n) is 6.33. The van der Waals surface area contributed by atoms with Crippen LogP contribution < -0.4 is 0 Å². The predicted octanol–water partition coefficient (Wildman–Crippen LogP) is 1.11. The van der Waals surface area contributed by atoms with E-state index in [1.807, 2.05) is 6.92 Å². The van der Waals surface area contributed by atoms with Crippen LogP contribution in [0.3, 0.4) is 0 Å². The van der Waals surface area contributed by atoms with Crippen LogP contribution in [-0.4, -0.2) is 45.7 Å². The van der Waals surface area contributed by atoms with Gasteiger partial charge in [-0.2, -0.15) is 0 Å². The maximum Gasteiger partial charge on any atom is 0.326 e. The molecular formula is C13H23NO4. The monoisotopic (exact) mass is 257 g/mol. The van der Waals surface area contributed by atoms with Gasteiger partial charge < -0.3 is 15.1 Å². The molecule has 1 unspecified atom stereocenters. The average Bonchev–Trinajstić information content (AvgIpc) is 2.58. The number of aliphatic hydroxyl groups excluding tert-OH is 1. The summed E-state index contributed by atoms with van der Waals surface area (Å²) < 4.78 is 0. The molecule has 1 aliphatic rings. The molecule has 5 nitrogen and oxygen atoms in total. The van der Waals surface area contributed by atoms with Crippen molar-refractivity contribution >= 4 is 11.9 Å². The van der Waals surface area contributed by atoms with Gasteiger partial charge in [-0.05, 0) is 11.3 Å². The van der Waals surface area contributed by atoms with Crippen LogP contribution in [0.5, 0.6) is 0 Å². The molecule has 0 radical (unpaired) electrons. The first-order valence-corrected chi connectivity index (χ1v) is 6.33. The van der Waals surface area contributed by atoms with Gasteiger partial charge in [0, 0.05) is 19.4 Å². The number of likely N-dealkylation sites (tertiary alicyclic amines) is 1. The second-order valence-electron chi connectivity index (χ2n) is 6.26. The number of amides is 1. The van der Waals surface area contributed by atoms with Crippen molar-refractivity contribution in [1.82, 2.24) is 4.90 Å². The fourth-order valence-corrected chi connectivity index (χ4v) is 2.01. The van der Waals surface area contributed by atoms with Crippen molar-refractivity contribution in [3.63, 3.8) is 0 Å². The van der Waals surface area contributed by atoms with Crippen molar-refractivity contribution in [3.8, 4) is 0 Å². The van der Waals surface area contributed by atoms with Gasteiger partial charge in [0.1, 0.15) is 6.04 Å². The third kappa shape index (κ3) is 3.45. The van der Waals surface area contributed by atoms with Crippen molar-refractivity contribution in [2.45, 2.75) is 52.7 Å². The zero-order valence-corrected chi connectivity index (χ0v) is 11.5. The molecule has 2 N–H and O–H groups in total. The smallest absolute Gasteiger partial charge is 0.326 e. The zero-order valence-electron chi connectivity index (χ0n) is 11.5. The number of nitrogens with zero attached hydrogens (tertiary/aromatic N) is 1. The predicted molar refractivity (Wildman–Crippen MR) is 67.0 cm³/mol. The minimum absolute atomic E-state index is 0.00667. The summed E-state index contributed by atoms with van der Waals surface area (Å²) in [5.41, 5.74) is 0.00667. The van der Waals surface area contributed by atoms with Crippen LogP contribution in [0.25, 0.3) is 0 Å². The van der Waals surface area contributed by atoms with Gasteiger partial charge in [0.25, 0.3) is 0 Å². The van der Waals surface area contributed by atoms with E-state index < -0.39 is 18.1 Å². The third-order valence-corrected chi connectivity index (χ3v) is 3.84. The Bertz CT molecular complexity index is 334. The molecule has 0 aliphatic carbocycles. The van der Waals surface area contributed by atoms with E-state index in [0.717, 1.165) is 0 Å². The summed E-state index contributed by atoms with van der Waals surface area (Å²) in [6, 6.07) is -0.875. The topological polar surface area (TPSA) is 77.8 Å². The summed E-state index contributed by atoms with van der Waals surface area (Å²) in [4.78, 5) is 24.5. The van der Waals surface area contributed by atoms with Crippen LogP contribution in [0.4, 0.5) is 0 Å². The van der Waals surface area contributed by atoms with E-state index in [0.29, 0.717) is 6.42 Å². The second-order valence-corrected chi connectivity index (χ2v) is 6.26. The number of hydrogen-bond donors (Lipinski definition) is 2. The fourth-order valence-electron chi connectivity index (χ4n) is 2.01. The number of aliphatic hydroxyl groups is 1. The highest BCUT2D eigenvalue weighted by atomic mass is 16.4. The number of rotatable bonds is 3. The molecule has 1 fully saturated rings. The molecule has 0 bridgehead atoms. The lowest BCUT2D eigenvalue weighted by Crippen LogP contribution is -2.41. The number of carboxylic acid groups (broad SMARTS) is 1. The number of carbonyl (C=O) groups is 2. The molecule has 1 saturated heterocycles. The molecule has 1 aliphatic heterocycles. The van der Waals surface area contributed by atoms with Crippen molar-refractivity contribution in [2.75, 3.05) is 6.54 Å². The normalized spacial score (nSPS) is 26.2. The quantitative estimate of drug-likeness (QED) is 0.793. The highest BCUT2D eigenvalue weighted by Gasteiger charge is 2.39. The van der Waals surface area contributed by atoms with E-state index in [4.69, 9.17) is 5.11 Å². The Balaban J connectivity index is 2.69. The average molecular weight is 257 g/mol. The minimum Gasteiger partial charge on any atom is -0.480 e. The number of hydrogen-bond acceptors (Lipinski definition) is 3. The van der Waals surface area contributed by atoms with Gasteiger partial charge in [-0.1, -0.05) is 27.7 Å². The maximum absolute atomic E-state index is 12.1. The van der Waals surface area contributed by atoms with Crippen LogP contribution >= 0.6 is 0 Å². The van der Waals surface area contributed by atoms with Gasteiger partial charge >= 0.3 is 5.97 Å². The molecule has 1 heterocycles. The van der Waals surface area contributed by atoms with Gasteiger partial charge in [0.05, 0.1) is 6.10 Å². The Morgan fingerprint density at radius 3 is 2.39 bits per heavy atom. The van der Waals surface area contributed by atoms with Crippen LogP contribution in [0.2, 0.25) is 0 Å². The first-order chi connectivity index (χ1) is 8.12. The number of carboxylic acids is 1. The lowest BCUT2D eigenvalue weighted by Gasteiger charge is -2.29. The van der Waals surface area contributed by atoms with Crippen LogP contribution in [0.1, 0.15) is 40.5 Å². The molecule has 5 heteroatoms. The minimum atomic E-state index is -1.04. The Hall–Kier alpha value is -1.10. The van der Waals surface area contributed by atoms with Crippen molar-refractivity contribution in [1.29, 1.82) is 0 Å². The number of aliphatic carboxylic acids is 1. The molecule has 0 aromatic heterocycles. The standard InChI is InChI=1S/C13H23NO4/c1-8(13(2,3)4)5-11(16)14-7-9(15)6-10(14)12(17)18/h8-10,15H,5-7H2,1-4H3,(H,17,18)/t8?,9-,10-/m1/s1. The molecule has 3 atom stereocenters. The van der Waals surface area contributed by atoms with E-state index in [9.17, 15) is 14.7 Å². The highest BCUT2D eigenvalue weighted by Crippen LogP contribution is 2.30. The van der Waals surface area contributed by atoms with Crippen LogP contribution in [0, 0.1) is 11.3 Å². The van der Waals surface area contributed by atoms with Crippen LogP contribution in [-0.2, 0) is 9.59 Å². The lowest BCUT2D eigenvalue weighted by atomic mass is 9.80. The molecule has 18 heavy (non-hydrogen) atoms. The van der Waals surface area contributed by atoms with Gasteiger partial charge in [0.2, 0.25) is 5.91 Å². The van der Waals surface area contributed by atoms with E-state index in [1.165, 1.54) is 4.90 Å². The lowest BCUT2D eigenvalue weighted by molar-refractivity contribution is -0.148. The summed E-state index contributed by atoms with van der Waals surface area (Å²) in [6.45, 7) is 8.28. The summed E-state index contributed by atoms with van der Waals surface area (Å²) in [7, 11) is 0. The largest absolute Gasteiger partial charge is 0.480 e. The second kappa shape index (κ2) is 5.26. The van der Waals surface area contributed by atoms with Gasteiger partial charge in [-0.15, -0.1) is 0 Å². The molecule has 1 rings (SSSR count). The summed E-state index contributed by atoms with van der Waals surface area (Å²) in [5.74, 6) is -1.05. The highest BCUT2D eigenvalue weighted by molar-refractivity contribution is 5.84. The first kappa shape index (κ1) is 15.0. The molecule has 0 aromatic rings. The number of carbonyl (C=O) groups excluding carboxylic acids is 1. The zero-order chi connectivity index (χ0) is 14.1. The van der Waals surface area contributed by atoms with Crippen molar-refractivity contribution in [2.24, 2.45) is 11.3 Å². The molecule has 0 saturated carbocycles. The van der Waals surface area contributed by atoms with Gasteiger partial charge in [0.15, 0.2) is 0 Å². The van der Waals surface area contributed by atoms with E-state index in [-0.39, 0.29) is 30.2 Å². The molecular weight excluding hydrogens is 234 g/mol. The Labute approximate surface area is 108 Å².